The predicted octanol–water partition coefficient (Wildman–Crippen LogP) is 2.75. The molecule has 1 aromatic carbocycles. The first kappa shape index (κ1) is 18.6. The maximum atomic E-state index is 13.1. The van der Waals surface area contributed by atoms with Crippen LogP contribution in [0.15, 0.2) is 23.1 Å². The Labute approximate surface area is 159 Å². The van der Waals surface area contributed by atoms with E-state index < -0.39 is 14.9 Å². The van der Waals surface area contributed by atoms with E-state index in [1.54, 1.807) is 6.07 Å². The molecule has 2 saturated heterocycles. The average Bonchev–Trinajstić information content (AvgIpc) is 3.34. The van der Waals surface area contributed by atoms with Gasteiger partial charge >= 0.3 is 0 Å². The third-order valence-electron chi connectivity index (χ3n) is 5.98. The summed E-state index contributed by atoms with van der Waals surface area (Å²) < 4.78 is 33.5. The molecule has 0 bridgehead atoms. The topological polar surface area (TPSA) is 102 Å². The van der Waals surface area contributed by atoms with E-state index in [9.17, 15) is 18.5 Å². The van der Waals surface area contributed by atoms with Crippen LogP contribution in [0.5, 0.6) is 0 Å². The molecule has 27 heavy (non-hydrogen) atoms. The lowest BCUT2D eigenvalue weighted by molar-refractivity contribution is -0.385. The summed E-state index contributed by atoms with van der Waals surface area (Å²) in [5.74, 6) is 0.358. The maximum absolute atomic E-state index is 13.1. The van der Waals surface area contributed by atoms with E-state index in [0.29, 0.717) is 24.7 Å². The third-order valence-corrected chi connectivity index (χ3v) is 7.92. The number of benzene rings is 1. The summed E-state index contributed by atoms with van der Waals surface area (Å²) in [7, 11) is -3.76. The van der Waals surface area contributed by atoms with Gasteiger partial charge in [-0.15, -0.1) is 0 Å². The molecule has 0 spiro atoms. The number of ether oxygens (including phenoxy) is 1. The van der Waals surface area contributed by atoms with Crippen molar-refractivity contribution in [3.63, 3.8) is 0 Å². The van der Waals surface area contributed by atoms with Crippen molar-refractivity contribution in [2.75, 3.05) is 25.0 Å². The van der Waals surface area contributed by atoms with E-state index in [0.717, 1.165) is 45.1 Å². The molecule has 1 N–H and O–H groups in total. The van der Waals surface area contributed by atoms with Crippen molar-refractivity contribution >= 4 is 21.4 Å². The number of nitrogens with zero attached hydrogens (tertiary/aromatic N) is 2. The summed E-state index contributed by atoms with van der Waals surface area (Å²) in [4.78, 5) is 10.7. The highest BCUT2D eigenvalue weighted by Crippen LogP contribution is 2.38. The highest BCUT2D eigenvalue weighted by atomic mass is 32.2. The molecule has 8 nitrogen and oxygen atoms in total. The number of hydrogen-bond acceptors (Lipinski definition) is 6. The molecule has 3 unspecified atom stereocenters. The molecule has 0 aromatic heterocycles. The minimum Gasteiger partial charge on any atom is -0.381 e. The lowest BCUT2D eigenvalue weighted by Crippen LogP contribution is -2.39. The van der Waals surface area contributed by atoms with Crippen LogP contribution in [0.3, 0.4) is 0 Å². The number of rotatable bonds is 5. The summed E-state index contributed by atoms with van der Waals surface area (Å²) in [6, 6.07) is 4.24. The van der Waals surface area contributed by atoms with Crippen LogP contribution >= 0.6 is 0 Å². The summed E-state index contributed by atoms with van der Waals surface area (Å²) in [5, 5.41) is 14.6. The van der Waals surface area contributed by atoms with E-state index in [-0.39, 0.29) is 22.7 Å². The largest absolute Gasteiger partial charge is 0.381 e. The summed E-state index contributed by atoms with van der Waals surface area (Å²) in [6.45, 7) is 1.67. The first-order valence-corrected chi connectivity index (χ1v) is 11.1. The fraction of sp³-hybridized carbons (Fsp3) is 0.667. The van der Waals surface area contributed by atoms with Crippen LogP contribution in [-0.2, 0) is 14.8 Å². The normalized spacial score (nSPS) is 28.8. The fourth-order valence-corrected chi connectivity index (χ4v) is 6.27. The molecule has 0 amide bonds. The lowest BCUT2D eigenvalue weighted by Gasteiger charge is -2.34. The van der Waals surface area contributed by atoms with Crippen molar-refractivity contribution in [2.45, 2.75) is 55.6 Å². The van der Waals surface area contributed by atoms with Gasteiger partial charge in [0.05, 0.1) is 16.7 Å². The Balaban J connectivity index is 1.68. The van der Waals surface area contributed by atoms with Crippen LogP contribution in [0.2, 0.25) is 0 Å². The molecular formula is C18H25N3O5S. The number of nitro benzene ring substituents is 1. The zero-order valence-electron chi connectivity index (χ0n) is 15.2. The zero-order valence-corrected chi connectivity index (χ0v) is 16.0. The number of nitrogens with one attached hydrogen (secondary N) is 1. The molecule has 1 aliphatic carbocycles. The van der Waals surface area contributed by atoms with E-state index in [2.05, 4.69) is 5.32 Å². The summed E-state index contributed by atoms with van der Waals surface area (Å²) in [6.07, 6.45) is 5.85. The average molecular weight is 395 g/mol. The second-order valence-electron chi connectivity index (χ2n) is 7.59. The molecule has 4 rings (SSSR count). The monoisotopic (exact) mass is 395 g/mol. The Kier molecular flexibility index (Phi) is 5.09. The Morgan fingerprint density at radius 3 is 2.67 bits per heavy atom. The number of sulfonamides is 1. The number of anilines is 1. The van der Waals surface area contributed by atoms with Gasteiger partial charge in [0.25, 0.3) is 5.69 Å². The van der Waals surface area contributed by atoms with E-state index >= 15 is 0 Å². The molecule has 9 heteroatoms. The Hall–Kier alpha value is -1.71. The maximum Gasteiger partial charge on any atom is 0.270 e. The van der Waals surface area contributed by atoms with E-state index in [1.165, 1.54) is 16.4 Å². The Bertz CT molecular complexity index is 822. The first-order valence-electron chi connectivity index (χ1n) is 9.63. The van der Waals surface area contributed by atoms with Gasteiger partial charge in [-0.05, 0) is 44.6 Å². The quantitative estimate of drug-likeness (QED) is 0.608. The van der Waals surface area contributed by atoms with Crippen molar-refractivity contribution < 1.29 is 18.1 Å². The molecule has 2 aliphatic heterocycles. The second-order valence-corrected chi connectivity index (χ2v) is 9.50. The lowest BCUT2D eigenvalue weighted by atomic mass is 9.81. The number of hydrogen-bond donors (Lipinski definition) is 1. The van der Waals surface area contributed by atoms with Gasteiger partial charge in [-0.1, -0.05) is 0 Å². The van der Waals surface area contributed by atoms with Crippen LogP contribution in [0.4, 0.5) is 11.4 Å². The SMILES string of the molecule is O=[N+]([O-])c1ccc(NC2CCCC3OCCC23)c(S(=O)(=O)N2CCCC2)c1. The number of fused-ring (bicyclic) bond motifs is 1. The van der Waals surface area contributed by atoms with Crippen LogP contribution in [-0.4, -0.2) is 49.5 Å². The summed E-state index contributed by atoms with van der Waals surface area (Å²) >= 11 is 0. The third kappa shape index (κ3) is 3.55. The molecule has 1 aromatic rings. The molecule has 1 saturated carbocycles. The smallest absolute Gasteiger partial charge is 0.270 e. The standard InChI is InChI=1S/C18H25N3O5S/c22-21(23)13-6-7-16(18(12-13)27(24,25)20-9-1-2-10-20)19-15-4-3-5-17-14(15)8-11-26-17/h6-7,12,14-15,17,19H,1-5,8-11H2. The molecule has 2 heterocycles. The van der Waals surface area contributed by atoms with Crippen LogP contribution < -0.4 is 5.32 Å². The van der Waals surface area contributed by atoms with Gasteiger partial charge in [0, 0.05) is 43.8 Å². The zero-order chi connectivity index (χ0) is 19.0. The minimum absolute atomic E-state index is 0.0136. The first-order chi connectivity index (χ1) is 13.0. The van der Waals surface area contributed by atoms with Gasteiger partial charge in [0.2, 0.25) is 10.0 Å². The van der Waals surface area contributed by atoms with E-state index in [1.807, 2.05) is 0 Å². The van der Waals surface area contributed by atoms with Gasteiger partial charge in [0.1, 0.15) is 4.90 Å². The van der Waals surface area contributed by atoms with Gasteiger partial charge < -0.3 is 10.1 Å². The molecule has 3 fully saturated rings. The minimum atomic E-state index is -3.76. The van der Waals surface area contributed by atoms with E-state index in [4.69, 9.17) is 4.74 Å². The van der Waals surface area contributed by atoms with Gasteiger partial charge in [-0.2, -0.15) is 4.31 Å². The van der Waals surface area contributed by atoms with Crippen molar-refractivity contribution in [1.29, 1.82) is 0 Å². The predicted molar refractivity (Wildman–Crippen MR) is 100 cm³/mol. The Morgan fingerprint density at radius 1 is 1.15 bits per heavy atom. The summed E-state index contributed by atoms with van der Waals surface area (Å²) in [5.41, 5.74) is 0.258. The molecule has 0 radical (unpaired) electrons. The Morgan fingerprint density at radius 2 is 1.93 bits per heavy atom. The van der Waals surface area contributed by atoms with Crippen molar-refractivity contribution in [3.05, 3.63) is 28.3 Å². The molecule has 3 aliphatic rings. The van der Waals surface area contributed by atoms with Gasteiger partial charge in [-0.25, -0.2) is 8.42 Å². The highest BCUT2D eigenvalue weighted by Gasteiger charge is 2.39. The number of nitro groups is 1. The van der Waals surface area contributed by atoms with Crippen molar-refractivity contribution in [1.82, 2.24) is 4.31 Å². The molecule has 148 valence electrons. The fourth-order valence-electron chi connectivity index (χ4n) is 4.58. The second kappa shape index (κ2) is 7.37. The highest BCUT2D eigenvalue weighted by molar-refractivity contribution is 7.89. The van der Waals surface area contributed by atoms with Gasteiger partial charge in [0.15, 0.2) is 0 Å². The molecular weight excluding hydrogens is 370 g/mol. The van der Waals surface area contributed by atoms with Crippen molar-refractivity contribution in [3.8, 4) is 0 Å². The molecule has 3 atom stereocenters. The van der Waals surface area contributed by atoms with Crippen LogP contribution in [0, 0.1) is 16.0 Å². The number of non-ortho nitro benzene ring substituents is 1. The van der Waals surface area contributed by atoms with Gasteiger partial charge in [-0.3, -0.25) is 10.1 Å². The van der Waals surface area contributed by atoms with Crippen LogP contribution in [0.25, 0.3) is 0 Å². The van der Waals surface area contributed by atoms with Crippen LogP contribution in [0.1, 0.15) is 38.5 Å². The van der Waals surface area contributed by atoms with Crippen molar-refractivity contribution in [2.24, 2.45) is 5.92 Å².